The fourth-order valence-electron chi connectivity index (χ4n) is 11.6. The smallest absolute Gasteiger partial charge is 0.409 e. The van der Waals surface area contributed by atoms with E-state index >= 15 is 0 Å². The summed E-state index contributed by atoms with van der Waals surface area (Å²) in [5, 5.41) is 15.8. The van der Waals surface area contributed by atoms with Crippen molar-refractivity contribution in [2.45, 2.75) is 76.4 Å². The van der Waals surface area contributed by atoms with Gasteiger partial charge in [-0.1, -0.05) is 36.8 Å². The third-order valence-corrected chi connectivity index (χ3v) is 17.7. The molecule has 0 saturated carbocycles. The number of aryl methyl sites for hydroxylation is 1. The molecule has 2 saturated heterocycles. The molecule has 2 fully saturated rings. The van der Waals surface area contributed by atoms with E-state index in [4.69, 9.17) is 16.3 Å². The summed E-state index contributed by atoms with van der Waals surface area (Å²) >= 11 is 8.10. The van der Waals surface area contributed by atoms with Gasteiger partial charge in [0.25, 0.3) is 23.6 Å². The van der Waals surface area contributed by atoms with Crippen LogP contribution in [0.3, 0.4) is 0 Å². The van der Waals surface area contributed by atoms with Crippen LogP contribution in [-0.2, 0) is 35.2 Å². The minimum atomic E-state index is -0.989. The van der Waals surface area contributed by atoms with Gasteiger partial charge in [0.2, 0.25) is 23.6 Å². The number of imide groups is 1. The van der Waals surface area contributed by atoms with Gasteiger partial charge < -0.3 is 55.6 Å². The lowest BCUT2D eigenvalue weighted by Gasteiger charge is -2.31. The number of carbonyl (C=O) groups is 9. The number of hydrogen-bond acceptors (Lipinski definition) is 12. The first-order chi connectivity index (χ1) is 41.0. The summed E-state index contributed by atoms with van der Waals surface area (Å²) in [6.45, 7) is 6.70. The Morgan fingerprint density at radius 3 is 2.19 bits per heavy atom. The molecule has 23 heteroatoms. The number of benzene rings is 4. The van der Waals surface area contributed by atoms with E-state index in [0.717, 1.165) is 44.8 Å². The quantitative estimate of drug-likeness (QED) is 0.0264. The van der Waals surface area contributed by atoms with E-state index in [1.54, 1.807) is 71.3 Å². The number of nitrogens with zero attached hydrogens (tertiary/aromatic N) is 5. The number of aromatic amines is 2. The molecule has 4 aromatic carbocycles. The number of amides is 9. The number of fused-ring (bicyclic) bond motifs is 5. The second kappa shape index (κ2) is 24.8. The number of likely N-dealkylation sites (tertiary alicyclic amines) is 1. The molecule has 3 aromatic heterocycles. The van der Waals surface area contributed by atoms with Gasteiger partial charge in [-0.2, -0.15) is 0 Å². The molecule has 0 bridgehead atoms. The van der Waals surface area contributed by atoms with E-state index in [0.29, 0.717) is 89.2 Å². The van der Waals surface area contributed by atoms with Crippen LogP contribution in [0.15, 0.2) is 102 Å². The Bertz CT molecular complexity index is 3830. The van der Waals surface area contributed by atoms with Crippen molar-refractivity contribution in [2.24, 2.45) is 0 Å². The number of hydrogen-bond donors (Lipinski definition) is 6. The molecule has 0 radical (unpaired) electrons. The van der Waals surface area contributed by atoms with E-state index in [1.807, 2.05) is 49.7 Å². The molecule has 11 rings (SSSR count). The maximum atomic E-state index is 14.5. The molecule has 4 aliphatic heterocycles. The van der Waals surface area contributed by atoms with E-state index in [1.165, 1.54) is 28.4 Å². The number of anilines is 3. The molecular weight excluding hydrogens is 1130 g/mol. The Hall–Kier alpha value is -8.86. The molecule has 4 aliphatic rings. The summed E-state index contributed by atoms with van der Waals surface area (Å²) in [5.74, 6) is -2.70. The van der Waals surface area contributed by atoms with Crippen LogP contribution in [0.1, 0.15) is 82.6 Å². The van der Waals surface area contributed by atoms with Crippen molar-refractivity contribution in [3.63, 3.8) is 0 Å². The maximum absolute atomic E-state index is 14.5. The average Bonchev–Trinajstić information content (AvgIpc) is 1.76. The summed E-state index contributed by atoms with van der Waals surface area (Å²) in [6.07, 6.45) is 4.15. The molecule has 4 atom stereocenters. The third kappa shape index (κ3) is 12.5. The number of ether oxygens (including phenoxy) is 1. The van der Waals surface area contributed by atoms with Crippen LogP contribution >= 0.6 is 22.9 Å². The number of aromatic nitrogens is 2. The highest BCUT2D eigenvalue weighted by atomic mass is 35.5. The van der Waals surface area contributed by atoms with Crippen LogP contribution < -0.4 is 30.9 Å². The van der Waals surface area contributed by atoms with Gasteiger partial charge >= 0.3 is 6.09 Å². The summed E-state index contributed by atoms with van der Waals surface area (Å²) < 4.78 is 6.93. The number of carbonyl (C=O) groups excluding carboxylic acids is 9. The standard InChI is InChI=1S/C62H64ClN11O10S/c1-35-34-85-57-50(84-62(83)71-22-20-70(3)21-23-71)30-49-56(55(35)57)40(31-63)32-74(49)61(82)48-29-39-27-42(14-16-44(39)67-48)65-58(79)46-28-38-26-41(13-15-43(38)66-46)64-52(76)33-73-36(2)24-47(60(73)81)69-59(80)45(25-37-10-6-4-7-11-37)68-51(75)12-8-5-9-19-72-53(77)17-18-54(72)78/h4,6-7,10-11,13-18,26-30,34,36,40,45,47,66-67H,5,8-9,12,19-25,31-33H2,1-3H3,(H,64,76)(H,65,79)(H,68,75)(H,69,80)/t36?,40-,45-,47-/m0/s1. The molecule has 7 heterocycles. The number of piperazine rings is 1. The minimum Gasteiger partial charge on any atom is -0.409 e. The number of unbranched alkanes of at least 4 members (excludes halogenated alkanes) is 2. The summed E-state index contributed by atoms with van der Waals surface area (Å²) in [5.41, 5.74) is 6.21. The normalized spacial score (nSPS) is 18.2. The fraction of sp³-hybridized carbons (Fsp3) is 0.339. The molecule has 6 N–H and O–H groups in total. The zero-order valence-electron chi connectivity index (χ0n) is 47.1. The van der Waals surface area contributed by atoms with Gasteiger partial charge in [0.1, 0.15) is 30.0 Å². The number of thiophene rings is 1. The highest BCUT2D eigenvalue weighted by Crippen LogP contribution is 2.49. The number of halogens is 1. The van der Waals surface area contributed by atoms with Crippen LogP contribution in [0.2, 0.25) is 0 Å². The average molecular weight is 1190 g/mol. The summed E-state index contributed by atoms with van der Waals surface area (Å²) in [6, 6.07) is 22.5. The Labute approximate surface area is 498 Å². The predicted molar refractivity (Wildman–Crippen MR) is 324 cm³/mol. The van der Waals surface area contributed by atoms with E-state index in [2.05, 4.69) is 36.1 Å². The first-order valence-electron chi connectivity index (χ1n) is 28.4. The zero-order chi connectivity index (χ0) is 59.6. The number of nitrogens with one attached hydrogen (secondary N) is 6. The van der Waals surface area contributed by atoms with Crippen molar-refractivity contribution >= 4 is 125 Å². The van der Waals surface area contributed by atoms with E-state index in [9.17, 15) is 43.2 Å². The van der Waals surface area contributed by atoms with Crippen molar-refractivity contribution in [1.29, 1.82) is 0 Å². The highest BCUT2D eigenvalue weighted by molar-refractivity contribution is 7.17. The molecule has 85 heavy (non-hydrogen) atoms. The topological polar surface area (TPSA) is 259 Å². The lowest BCUT2D eigenvalue weighted by Crippen LogP contribution is -2.52. The minimum absolute atomic E-state index is 0.116. The van der Waals surface area contributed by atoms with Crippen molar-refractivity contribution < 1.29 is 47.9 Å². The van der Waals surface area contributed by atoms with E-state index < -0.39 is 47.8 Å². The molecule has 9 amide bonds. The molecule has 0 aliphatic carbocycles. The number of H-pyrrole nitrogens is 2. The molecule has 21 nitrogen and oxygen atoms in total. The van der Waals surface area contributed by atoms with Gasteiger partial charge in [-0.3, -0.25) is 43.3 Å². The number of rotatable bonds is 19. The molecule has 0 spiro atoms. The second-order valence-corrected chi connectivity index (χ2v) is 23.4. The lowest BCUT2D eigenvalue weighted by atomic mass is 9.97. The Morgan fingerprint density at radius 1 is 0.800 bits per heavy atom. The summed E-state index contributed by atoms with van der Waals surface area (Å²) in [4.78, 5) is 134. The first-order valence-corrected chi connectivity index (χ1v) is 29.8. The van der Waals surface area contributed by atoms with Gasteiger partial charge in [0.05, 0.1) is 10.4 Å². The zero-order valence-corrected chi connectivity index (χ0v) is 48.7. The first kappa shape index (κ1) is 57.9. The largest absolute Gasteiger partial charge is 0.415 e. The lowest BCUT2D eigenvalue weighted by molar-refractivity contribution is -0.137. The maximum Gasteiger partial charge on any atom is 0.415 e. The van der Waals surface area contributed by atoms with Crippen molar-refractivity contribution in [2.75, 3.05) is 74.3 Å². The monoisotopic (exact) mass is 1190 g/mol. The van der Waals surface area contributed by atoms with Gasteiger partial charge in [-0.15, -0.1) is 22.9 Å². The van der Waals surface area contributed by atoms with Crippen molar-refractivity contribution in [3.05, 3.63) is 131 Å². The second-order valence-electron chi connectivity index (χ2n) is 22.2. The van der Waals surface area contributed by atoms with Crippen LogP contribution in [-0.4, -0.2) is 160 Å². The van der Waals surface area contributed by atoms with E-state index in [-0.39, 0.29) is 73.5 Å². The van der Waals surface area contributed by atoms with Gasteiger partial charge in [0.15, 0.2) is 5.75 Å². The van der Waals surface area contributed by atoms with Crippen molar-refractivity contribution in [3.8, 4) is 5.75 Å². The van der Waals surface area contributed by atoms with Crippen LogP contribution in [0.4, 0.5) is 21.9 Å². The van der Waals surface area contributed by atoms with Crippen molar-refractivity contribution in [1.82, 2.24) is 40.2 Å². The Morgan fingerprint density at radius 2 is 1.48 bits per heavy atom. The van der Waals surface area contributed by atoms with Crippen LogP contribution in [0.5, 0.6) is 5.75 Å². The highest BCUT2D eigenvalue weighted by Gasteiger charge is 2.41. The number of alkyl halides is 1. The predicted octanol–water partition coefficient (Wildman–Crippen LogP) is 7.41. The molecule has 440 valence electrons. The van der Waals surface area contributed by atoms with Gasteiger partial charge in [-0.25, -0.2) is 4.79 Å². The molecular formula is C62H64ClN11O10S. The molecule has 1 unspecified atom stereocenters. The molecule has 7 aromatic rings. The third-order valence-electron chi connectivity index (χ3n) is 16.2. The Kier molecular flexibility index (Phi) is 16.9. The van der Waals surface area contributed by atoms with Gasteiger partial charge in [-0.05, 0) is 111 Å². The Balaban J connectivity index is 0.692. The summed E-state index contributed by atoms with van der Waals surface area (Å²) in [7, 11) is 2.02. The van der Waals surface area contributed by atoms with Crippen LogP contribution in [0, 0.1) is 6.92 Å². The fourth-order valence-corrected chi connectivity index (χ4v) is 12.9. The SMILES string of the molecule is Cc1csc2c(OC(=O)N3CCN(C)CC3)cc3c(c12)[C@@H](CCl)CN3C(=O)c1cc2cc(NC(=O)c3cc4cc(NC(=O)CN5C(=O)[C@@H](NC(=O)[C@H](Cc6ccccc6)NC(=O)CCCCCN6C(=O)C=CC6=O)CC5C)ccc4[nH]3)ccc2[nH]1. The number of likely N-dealkylation sites (N-methyl/N-ethyl adjacent to an activating group) is 1. The van der Waals surface area contributed by atoms with Gasteiger partial charge in [0, 0.05) is 127 Å². The van der Waals surface area contributed by atoms with Crippen LogP contribution in [0.25, 0.3) is 31.9 Å².